The van der Waals surface area contributed by atoms with Crippen molar-refractivity contribution in [3.05, 3.63) is 69.5 Å². The summed E-state index contributed by atoms with van der Waals surface area (Å²) in [6.45, 7) is 0. The van der Waals surface area contributed by atoms with Crippen LogP contribution in [0.25, 0.3) is 0 Å². The van der Waals surface area contributed by atoms with Gasteiger partial charge in [-0.1, -0.05) is 41.4 Å². The van der Waals surface area contributed by atoms with Gasteiger partial charge in [-0.25, -0.2) is 4.39 Å². The number of aliphatic carboxylic acids is 1. The lowest BCUT2D eigenvalue weighted by Crippen LogP contribution is -2.15. The number of carboxylic acid groups (broad SMARTS) is 1. The standard InChI is InChI=1S/C15H11Cl2FO2/c16-10-3-6-12(14(17)8-10)13(15(19)20)7-9-1-4-11(18)5-2-9/h1-6,8,13H,7H2,(H,19,20). The van der Waals surface area contributed by atoms with Crippen molar-refractivity contribution in [3.63, 3.8) is 0 Å². The Morgan fingerprint density at radius 1 is 1.15 bits per heavy atom. The minimum atomic E-state index is -0.987. The van der Waals surface area contributed by atoms with Crippen molar-refractivity contribution in [3.8, 4) is 0 Å². The average molecular weight is 313 g/mol. The zero-order valence-corrected chi connectivity index (χ0v) is 11.8. The summed E-state index contributed by atoms with van der Waals surface area (Å²) in [7, 11) is 0. The summed E-state index contributed by atoms with van der Waals surface area (Å²) >= 11 is 11.9. The van der Waals surface area contributed by atoms with Crippen molar-refractivity contribution in [2.24, 2.45) is 0 Å². The molecule has 0 aliphatic heterocycles. The Balaban J connectivity index is 2.31. The molecular weight excluding hydrogens is 302 g/mol. The molecule has 5 heteroatoms. The number of hydrogen-bond acceptors (Lipinski definition) is 1. The van der Waals surface area contributed by atoms with Gasteiger partial charge in [0, 0.05) is 10.0 Å². The van der Waals surface area contributed by atoms with Gasteiger partial charge in [-0.2, -0.15) is 0 Å². The van der Waals surface area contributed by atoms with E-state index >= 15 is 0 Å². The Hall–Kier alpha value is -1.58. The summed E-state index contributed by atoms with van der Waals surface area (Å²) in [6.07, 6.45) is 0.233. The Labute approximate surface area is 125 Å². The minimum Gasteiger partial charge on any atom is -0.481 e. The fraction of sp³-hybridized carbons (Fsp3) is 0.133. The number of carboxylic acids is 1. The Morgan fingerprint density at radius 2 is 1.80 bits per heavy atom. The van der Waals surface area contributed by atoms with E-state index in [1.807, 2.05) is 0 Å². The van der Waals surface area contributed by atoms with Gasteiger partial charge in [-0.15, -0.1) is 0 Å². The average Bonchev–Trinajstić information content (AvgIpc) is 2.39. The van der Waals surface area contributed by atoms with Gasteiger partial charge in [0.2, 0.25) is 0 Å². The summed E-state index contributed by atoms with van der Waals surface area (Å²) in [5.41, 5.74) is 1.22. The van der Waals surface area contributed by atoms with Gasteiger partial charge in [0.1, 0.15) is 5.82 Å². The normalized spacial score (nSPS) is 12.2. The molecule has 0 aliphatic carbocycles. The third-order valence-corrected chi connectivity index (χ3v) is 3.55. The Bertz CT molecular complexity index is 626. The first-order valence-corrected chi connectivity index (χ1v) is 6.65. The van der Waals surface area contributed by atoms with Crippen LogP contribution in [0.1, 0.15) is 17.0 Å². The first-order chi connectivity index (χ1) is 9.47. The van der Waals surface area contributed by atoms with Gasteiger partial charge in [-0.05, 0) is 41.8 Å². The topological polar surface area (TPSA) is 37.3 Å². The van der Waals surface area contributed by atoms with Gasteiger partial charge in [-0.3, -0.25) is 4.79 Å². The molecule has 2 aromatic carbocycles. The van der Waals surface area contributed by atoms with Crippen LogP contribution >= 0.6 is 23.2 Å². The summed E-state index contributed by atoms with van der Waals surface area (Å²) in [6, 6.07) is 10.5. The molecule has 0 bridgehead atoms. The van der Waals surface area contributed by atoms with Gasteiger partial charge in [0.25, 0.3) is 0 Å². The van der Waals surface area contributed by atoms with Crippen molar-refractivity contribution < 1.29 is 14.3 Å². The van der Waals surface area contributed by atoms with E-state index in [1.165, 1.54) is 18.2 Å². The summed E-state index contributed by atoms with van der Waals surface area (Å²) in [4.78, 5) is 11.4. The molecule has 0 heterocycles. The fourth-order valence-corrected chi connectivity index (χ4v) is 2.51. The molecule has 0 saturated carbocycles. The fourth-order valence-electron chi connectivity index (χ4n) is 1.97. The van der Waals surface area contributed by atoms with Crippen molar-refractivity contribution >= 4 is 29.2 Å². The molecule has 1 unspecified atom stereocenters. The van der Waals surface area contributed by atoms with Crippen LogP contribution in [0, 0.1) is 5.82 Å². The number of halogens is 3. The van der Waals surface area contributed by atoms with Crippen molar-refractivity contribution in [1.82, 2.24) is 0 Å². The molecule has 0 fully saturated rings. The molecule has 0 aliphatic rings. The van der Waals surface area contributed by atoms with Crippen LogP contribution in [0.3, 0.4) is 0 Å². The van der Waals surface area contributed by atoms with Crippen LogP contribution in [0.15, 0.2) is 42.5 Å². The van der Waals surface area contributed by atoms with Crippen LogP contribution in [0.4, 0.5) is 4.39 Å². The van der Waals surface area contributed by atoms with E-state index in [4.69, 9.17) is 23.2 Å². The van der Waals surface area contributed by atoms with Gasteiger partial charge < -0.3 is 5.11 Å². The summed E-state index contributed by atoms with van der Waals surface area (Å²) in [5.74, 6) is -2.14. The maximum Gasteiger partial charge on any atom is 0.311 e. The summed E-state index contributed by atoms with van der Waals surface area (Å²) < 4.78 is 12.9. The number of carbonyl (C=O) groups is 1. The molecule has 2 rings (SSSR count). The highest BCUT2D eigenvalue weighted by Crippen LogP contribution is 2.30. The number of hydrogen-bond donors (Lipinski definition) is 1. The smallest absolute Gasteiger partial charge is 0.311 e. The minimum absolute atomic E-state index is 0.233. The monoisotopic (exact) mass is 312 g/mol. The highest BCUT2D eigenvalue weighted by molar-refractivity contribution is 6.35. The van der Waals surface area contributed by atoms with Crippen molar-refractivity contribution in [2.45, 2.75) is 12.3 Å². The van der Waals surface area contributed by atoms with Gasteiger partial charge in [0.15, 0.2) is 0 Å². The van der Waals surface area contributed by atoms with Crippen LogP contribution in [0.5, 0.6) is 0 Å². The maximum atomic E-state index is 12.9. The lowest BCUT2D eigenvalue weighted by atomic mass is 9.92. The predicted octanol–water partition coefficient (Wildman–Crippen LogP) is 4.54. The lowest BCUT2D eigenvalue weighted by molar-refractivity contribution is -0.138. The molecule has 2 aromatic rings. The molecule has 1 atom stereocenters. The van der Waals surface area contributed by atoms with Gasteiger partial charge >= 0.3 is 5.97 Å². The molecule has 0 radical (unpaired) electrons. The molecule has 1 N–H and O–H groups in total. The second kappa shape index (κ2) is 6.25. The molecule has 20 heavy (non-hydrogen) atoms. The molecular formula is C15H11Cl2FO2. The number of benzene rings is 2. The molecule has 0 saturated heterocycles. The SMILES string of the molecule is O=C(O)C(Cc1ccc(F)cc1)c1ccc(Cl)cc1Cl. The third-order valence-electron chi connectivity index (χ3n) is 2.99. The van der Waals surface area contributed by atoms with Crippen LogP contribution < -0.4 is 0 Å². The maximum absolute atomic E-state index is 12.9. The van der Waals surface area contributed by atoms with E-state index in [9.17, 15) is 14.3 Å². The van der Waals surface area contributed by atoms with E-state index in [2.05, 4.69) is 0 Å². The molecule has 0 amide bonds. The van der Waals surface area contributed by atoms with Crippen LogP contribution in [0.2, 0.25) is 10.0 Å². The van der Waals surface area contributed by atoms with E-state index in [0.29, 0.717) is 15.6 Å². The van der Waals surface area contributed by atoms with E-state index < -0.39 is 11.9 Å². The largest absolute Gasteiger partial charge is 0.481 e. The van der Waals surface area contributed by atoms with E-state index in [0.717, 1.165) is 5.56 Å². The Morgan fingerprint density at radius 3 is 2.35 bits per heavy atom. The zero-order valence-electron chi connectivity index (χ0n) is 10.3. The van der Waals surface area contributed by atoms with Crippen LogP contribution in [-0.4, -0.2) is 11.1 Å². The zero-order chi connectivity index (χ0) is 14.7. The first-order valence-electron chi connectivity index (χ1n) is 5.89. The Kier molecular flexibility index (Phi) is 4.63. The quantitative estimate of drug-likeness (QED) is 0.899. The second-order valence-corrected chi connectivity index (χ2v) is 5.23. The lowest BCUT2D eigenvalue weighted by Gasteiger charge is -2.14. The van der Waals surface area contributed by atoms with E-state index in [-0.39, 0.29) is 12.2 Å². The summed E-state index contributed by atoms with van der Waals surface area (Å²) in [5, 5.41) is 10.1. The molecule has 0 spiro atoms. The highest BCUT2D eigenvalue weighted by Gasteiger charge is 2.23. The second-order valence-electron chi connectivity index (χ2n) is 4.39. The molecule has 0 aromatic heterocycles. The van der Waals surface area contributed by atoms with Crippen molar-refractivity contribution in [1.29, 1.82) is 0 Å². The van der Waals surface area contributed by atoms with Crippen LogP contribution in [-0.2, 0) is 11.2 Å². The van der Waals surface area contributed by atoms with E-state index in [1.54, 1.807) is 24.3 Å². The molecule has 104 valence electrons. The third kappa shape index (κ3) is 3.50. The predicted molar refractivity (Wildman–Crippen MR) is 76.9 cm³/mol. The van der Waals surface area contributed by atoms with Gasteiger partial charge in [0.05, 0.1) is 5.92 Å². The number of rotatable bonds is 4. The molecule has 2 nitrogen and oxygen atoms in total. The van der Waals surface area contributed by atoms with Crippen molar-refractivity contribution in [2.75, 3.05) is 0 Å². The first kappa shape index (κ1) is 14.8. The highest BCUT2D eigenvalue weighted by atomic mass is 35.5.